The lowest BCUT2D eigenvalue weighted by atomic mass is 10.1. The molecule has 1 amide bonds. The highest BCUT2D eigenvalue weighted by molar-refractivity contribution is 6.31. The largest absolute Gasteiger partial charge is 0.480 e. The van der Waals surface area contributed by atoms with E-state index < -0.39 is 5.97 Å². The van der Waals surface area contributed by atoms with Gasteiger partial charge in [-0.05, 0) is 37.5 Å². The van der Waals surface area contributed by atoms with Crippen LogP contribution in [0, 0.1) is 6.92 Å². The second-order valence-corrected chi connectivity index (χ2v) is 4.95. The Morgan fingerprint density at radius 1 is 1.44 bits per heavy atom. The molecule has 1 aliphatic carbocycles. The molecule has 0 aromatic heterocycles. The fraction of sp³-hybridized carbons (Fsp3) is 0.385. The summed E-state index contributed by atoms with van der Waals surface area (Å²) >= 11 is 5.88. The number of nitrogens with zero attached hydrogens (tertiary/aromatic N) is 1. The van der Waals surface area contributed by atoms with Crippen molar-refractivity contribution in [1.29, 1.82) is 0 Å². The minimum absolute atomic E-state index is 0.0620. The fourth-order valence-electron chi connectivity index (χ4n) is 1.88. The molecule has 1 aliphatic rings. The second-order valence-electron chi connectivity index (χ2n) is 4.52. The maximum absolute atomic E-state index is 12.3. The average Bonchev–Trinajstić information content (AvgIpc) is 3.12. The standard InChI is InChI=1S/C13H14ClNO3/c1-8-2-3-9(14)6-11(8)13(18)15(7-12(16)17)10-4-5-10/h2-3,6,10H,4-5,7H2,1H3,(H,16,17). The monoisotopic (exact) mass is 267 g/mol. The first kappa shape index (κ1) is 12.9. The first-order chi connectivity index (χ1) is 8.49. The molecule has 1 fully saturated rings. The summed E-state index contributed by atoms with van der Waals surface area (Å²) in [5.74, 6) is -1.24. The molecule has 0 radical (unpaired) electrons. The molecule has 0 heterocycles. The van der Waals surface area contributed by atoms with E-state index in [1.807, 2.05) is 6.92 Å². The predicted molar refractivity (Wildman–Crippen MR) is 67.9 cm³/mol. The van der Waals surface area contributed by atoms with Gasteiger partial charge in [0.1, 0.15) is 6.54 Å². The van der Waals surface area contributed by atoms with E-state index in [1.54, 1.807) is 18.2 Å². The summed E-state index contributed by atoms with van der Waals surface area (Å²) in [6, 6.07) is 5.14. The summed E-state index contributed by atoms with van der Waals surface area (Å²) in [7, 11) is 0. The molecule has 18 heavy (non-hydrogen) atoms. The highest BCUT2D eigenvalue weighted by atomic mass is 35.5. The highest BCUT2D eigenvalue weighted by Gasteiger charge is 2.34. The third kappa shape index (κ3) is 2.82. The maximum atomic E-state index is 12.3. The Morgan fingerprint density at radius 3 is 2.67 bits per heavy atom. The van der Waals surface area contributed by atoms with Crippen LogP contribution < -0.4 is 0 Å². The van der Waals surface area contributed by atoms with E-state index in [2.05, 4.69) is 0 Å². The number of carboxylic acids is 1. The Bertz CT molecular complexity index is 497. The van der Waals surface area contributed by atoms with Crippen LogP contribution in [0.1, 0.15) is 28.8 Å². The topological polar surface area (TPSA) is 57.6 Å². The lowest BCUT2D eigenvalue weighted by Crippen LogP contribution is -2.37. The predicted octanol–water partition coefficient (Wildman–Crippen LogP) is 2.34. The van der Waals surface area contributed by atoms with E-state index >= 15 is 0 Å². The second kappa shape index (κ2) is 4.98. The van der Waals surface area contributed by atoms with Crippen molar-refractivity contribution in [3.8, 4) is 0 Å². The number of carbonyl (C=O) groups excluding carboxylic acids is 1. The number of aliphatic carboxylic acids is 1. The number of aryl methyl sites for hydroxylation is 1. The zero-order valence-corrected chi connectivity index (χ0v) is 10.8. The summed E-state index contributed by atoms with van der Waals surface area (Å²) in [5.41, 5.74) is 1.29. The number of hydrogen-bond donors (Lipinski definition) is 1. The van der Waals surface area contributed by atoms with Crippen LogP contribution in [0.5, 0.6) is 0 Å². The van der Waals surface area contributed by atoms with E-state index in [0.29, 0.717) is 10.6 Å². The van der Waals surface area contributed by atoms with Crippen LogP contribution in [0.2, 0.25) is 5.02 Å². The van der Waals surface area contributed by atoms with Crippen molar-refractivity contribution in [2.45, 2.75) is 25.8 Å². The number of carbonyl (C=O) groups is 2. The van der Waals surface area contributed by atoms with E-state index in [0.717, 1.165) is 18.4 Å². The molecule has 2 rings (SSSR count). The molecular formula is C13H14ClNO3. The third-order valence-corrected chi connectivity index (χ3v) is 3.22. The molecule has 1 saturated carbocycles. The molecule has 96 valence electrons. The molecule has 1 aromatic carbocycles. The van der Waals surface area contributed by atoms with Crippen molar-refractivity contribution < 1.29 is 14.7 Å². The Balaban J connectivity index is 2.27. The van der Waals surface area contributed by atoms with Gasteiger partial charge in [-0.15, -0.1) is 0 Å². The van der Waals surface area contributed by atoms with Gasteiger partial charge in [-0.1, -0.05) is 17.7 Å². The minimum Gasteiger partial charge on any atom is -0.480 e. The van der Waals surface area contributed by atoms with Gasteiger partial charge in [0.25, 0.3) is 5.91 Å². The number of carboxylic acid groups (broad SMARTS) is 1. The van der Waals surface area contributed by atoms with Crippen molar-refractivity contribution in [1.82, 2.24) is 4.90 Å². The molecule has 0 saturated heterocycles. The van der Waals surface area contributed by atoms with Crippen molar-refractivity contribution >= 4 is 23.5 Å². The Labute approximate surface area is 110 Å². The van der Waals surface area contributed by atoms with Crippen molar-refractivity contribution in [3.05, 3.63) is 34.3 Å². The van der Waals surface area contributed by atoms with Gasteiger partial charge in [-0.3, -0.25) is 9.59 Å². The first-order valence-electron chi connectivity index (χ1n) is 5.78. The molecule has 1 aromatic rings. The van der Waals surface area contributed by atoms with Crippen LogP contribution in [0.15, 0.2) is 18.2 Å². The van der Waals surface area contributed by atoms with Crippen LogP contribution in [-0.4, -0.2) is 34.5 Å². The van der Waals surface area contributed by atoms with Gasteiger partial charge in [0.15, 0.2) is 0 Å². The van der Waals surface area contributed by atoms with Gasteiger partial charge >= 0.3 is 5.97 Å². The van der Waals surface area contributed by atoms with Crippen LogP contribution in [-0.2, 0) is 4.79 Å². The van der Waals surface area contributed by atoms with Crippen LogP contribution in [0.25, 0.3) is 0 Å². The zero-order valence-electron chi connectivity index (χ0n) is 10.0. The van der Waals surface area contributed by atoms with E-state index in [-0.39, 0.29) is 18.5 Å². The third-order valence-electron chi connectivity index (χ3n) is 2.98. The Morgan fingerprint density at radius 2 is 2.11 bits per heavy atom. The molecule has 0 bridgehead atoms. The first-order valence-corrected chi connectivity index (χ1v) is 6.15. The van der Waals surface area contributed by atoms with E-state index in [9.17, 15) is 9.59 Å². The molecule has 5 heteroatoms. The number of hydrogen-bond acceptors (Lipinski definition) is 2. The summed E-state index contributed by atoms with van der Waals surface area (Å²) in [6.45, 7) is 1.56. The van der Waals surface area contributed by atoms with Crippen molar-refractivity contribution in [3.63, 3.8) is 0 Å². The number of amides is 1. The normalized spacial score (nSPS) is 14.3. The summed E-state index contributed by atoms with van der Waals surface area (Å²) in [5, 5.41) is 9.34. The molecule has 0 atom stereocenters. The van der Waals surface area contributed by atoms with Gasteiger partial charge < -0.3 is 10.0 Å². The lowest BCUT2D eigenvalue weighted by molar-refractivity contribution is -0.137. The summed E-state index contributed by atoms with van der Waals surface area (Å²) < 4.78 is 0. The van der Waals surface area contributed by atoms with Gasteiger partial charge in [0.2, 0.25) is 0 Å². The van der Waals surface area contributed by atoms with E-state index in [1.165, 1.54) is 4.90 Å². The Kier molecular flexibility index (Phi) is 3.57. The van der Waals surface area contributed by atoms with Crippen LogP contribution in [0.4, 0.5) is 0 Å². The molecule has 1 N–H and O–H groups in total. The smallest absolute Gasteiger partial charge is 0.323 e. The summed E-state index contributed by atoms with van der Waals surface area (Å²) in [4.78, 5) is 24.6. The highest BCUT2D eigenvalue weighted by Crippen LogP contribution is 2.29. The summed E-state index contributed by atoms with van der Waals surface area (Å²) in [6.07, 6.45) is 1.75. The van der Waals surface area contributed by atoms with Gasteiger partial charge in [0, 0.05) is 16.6 Å². The zero-order chi connectivity index (χ0) is 13.3. The minimum atomic E-state index is -0.991. The number of rotatable bonds is 4. The Hall–Kier alpha value is -1.55. The van der Waals surface area contributed by atoms with Gasteiger partial charge in [-0.25, -0.2) is 0 Å². The molecule has 0 unspecified atom stereocenters. The van der Waals surface area contributed by atoms with Crippen LogP contribution >= 0.6 is 11.6 Å². The van der Waals surface area contributed by atoms with Crippen molar-refractivity contribution in [2.75, 3.05) is 6.54 Å². The van der Waals surface area contributed by atoms with Crippen LogP contribution in [0.3, 0.4) is 0 Å². The van der Waals surface area contributed by atoms with Gasteiger partial charge in [-0.2, -0.15) is 0 Å². The lowest BCUT2D eigenvalue weighted by Gasteiger charge is -2.21. The van der Waals surface area contributed by atoms with Gasteiger partial charge in [0.05, 0.1) is 0 Å². The van der Waals surface area contributed by atoms with Crippen molar-refractivity contribution in [2.24, 2.45) is 0 Å². The number of halogens is 1. The molecule has 0 spiro atoms. The molecular weight excluding hydrogens is 254 g/mol. The fourth-order valence-corrected chi connectivity index (χ4v) is 2.05. The SMILES string of the molecule is Cc1ccc(Cl)cc1C(=O)N(CC(=O)O)C1CC1. The van der Waals surface area contributed by atoms with E-state index in [4.69, 9.17) is 16.7 Å². The quantitative estimate of drug-likeness (QED) is 0.911. The maximum Gasteiger partial charge on any atom is 0.323 e. The average molecular weight is 268 g/mol. The molecule has 4 nitrogen and oxygen atoms in total. The molecule has 0 aliphatic heterocycles. The number of benzene rings is 1.